The third-order valence-electron chi connectivity index (χ3n) is 3.88. The van der Waals surface area contributed by atoms with Crippen molar-refractivity contribution in [3.05, 3.63) is 24.3 Å². The topological polar surface area (TPSA) is 72.8 Å². The molecule has 1 aliphatic rings. The molecule has 23 heavy (non-hydrogen) atoms. The van der Waals surface area contributed by atoms with Crippen molar-refractivity contribution in [1.29, 1.82) is 0 Å². The van der Waals surface area contributed by atoms with E-state index in [1.54, 1.807) is 31.4 Å². The van der Waals surface area contributed by atoms with Gasteiger partial charge in [0.2, 0.25) is 0 Å². The second-order valence-corrected chi connectivity index (χ2v) is 6.56. The number of nitrogens with zero attached hydrogens (tertiary/aromatic N) is 1. The molecule has 1 aliphatic carbocycles. The summed E-state index contributed by atoms with van der Waals surface area (Å²) in [5.74, 6) is -1.29. The largest absolute Gasteiger partial charge is 0.497 e. The Balaban J connectivity index is 1.97. The second kappa shape index (κ2) is 6.86. The van der Waals surface area contributed by atoms with Gasteiger partial charge in [-0.2, -0.15) is 0 Å². The molecule has 0 amide bonds. The molecule has 0 aromatic heterocycles. The Kier molecular flexibility index (Phi) is 5.08. The molecule has 1 saturated carbocycles. The van der Waals surface area contributed by atoms with Crippen molar-refractivity contribution in [1.82, 2.24) is 0 Å². The van der Waals surface area contributed by atoms with Gasteiger partial charge in [0.15, 0.2) is 17.3 Å². The Hall–Kier alpha value is -2.30. The molecule has 0 radical (unpaired) electrons. The molecule has 5 heteroatoms. The van der Waals surface area contributed by atoms with Gasteiger partial charge in [-0.05, 0) is 29.7 Å². The normalized spacial score (nSPS) is 18.4. The highest BCUT2D eigenvalue weighted by atomic mass is 16.5. The van der Waals surface area contributed by atoms with Crippen LogP contribution in [-0.4, -0.2) is 30.7 Å². The van der Waals surface area contributed by atoms with Crippen LogP contribution >= 0.6 is 0 Å². The molecular formula is C18H21NO4. The van der Waals surface area contributed by atoms with Crippen molar-refractivity contribution < 1.29 is 19.1 Å². The smallest absolute Gasteiger partial charge is 0.156 e. The fourth-order valence-corrected chi connectivity index (χ4v) is 2.78. The summed E-state index contributed by atoms with van der Waals surface area (Å²) in [6.45, 7) is 3.74. The molecule has 0 bridgehead atoms. The summed E-state index contributed by atoms with van der Waals surface area (Å²) in [4.78, 5) is 40.5. The zero-order valence-corrected chi connectivity index (χ0v) is 13.7. The van der Waals surface area contributed by atoms with Crippen molar-refractivity contribution in [2.45, 2.75) is 33.1 Å². The number of hydrogen-bond donors (Lipinski definition) is 0. The standard InChI is InChI=1S/C18H21NO4/c1-18(2)10-15(21)17(16(22)11-18)14(20)8-9-19-12-4-6-13(23-3)7-5-12/h4-7,9,17H,8,10-11H2,1-3H3. The van der Waals surface area contributed by atoms with Crippen LogP contribution in [0.3, 0.4) is 0 Å². The number of carbonyl (C=O) groups is 3. The molecule has 1 fully saturated rings. The number of carbonyl (C=O) groups excluding carboxylic acids is 3. The summed E-state index contributed by atoms with van der Waals surface area (Å²) in [7, 11) is 1.58. The minimum absolute atomic E-state index is 0.0192. The molecule has 0 N–H and O–H groups in total. The minimum Gasteiger partial charge on any atom is -0.497 e. The predicted molar refractivity (Wildman–Crippen MR) is 87.3 cm³/mol. The number of ether oxygens (including phenoxy) is 1. The number of aliphatic imine (C=N–C) groups is 1. The molecule has 1 aromatic rings. The zero-order chi connectivity index (χ0) is 17.0. The quantitative estimate of drug-likeness (QED) is 0.618. The van der Waals surface area contributed by atoms with E-state index in [4.69, 9.17) is 4.74 Å². The summed E-state index contributed by atoms with van der Waals surface area (Å²) < 4.78 is 5.05. The molecule has 2 rings (SSSR count). The Labute approximate surface area is 135 Å². The summed E-state index contributed by atoms with van der Waals surface area (Å²) in [5.41, 5.74) is 0.336. The number of ketones is 3. The van der Waals surface area contributed by atoms with Crippen LogP contribution in [0.15, 0.2) is 29.3 Å². The van der Waals surface area contributed by atoms with E-state index >= 15 is 0 Å². The first-order chi connectivity index (χ1) is 10.8. The highest BCUT2D eigenvalue weighted by molar-refractivity contribution is 6.22. The van der Waals surface area contributed by atoms with Crippen molar-refractivity contribution >= 4 is 29.3 Å². The van der Waals surface area contributed by atoms with Gasteiger partial charge in [-0.15, -0.1) is 0 Å². The van der Waals surface area contributed by atoms with Gasteiger partial charge in [0.25, 0.3) is 0 Å². The maximum absolute atomic E-state index is 12.2. The Morgan fingerprint density at radius 3 is 2.30 bits per heavy atom. The van der Waals surface area contributed by atoms with Crippen LogP contribution in [0.5, 0.6) is 5.75 Å². The lowest BCUT2D eigenvalue weighted by Gasteiger charge is -2.31. The number of methoxy groups -OCH3 is 1. The van der Waals surface area contributed by atoms with Gasteiger partial charge in [0.05, 0.1) is 12.8 Å². The lowest BCUT2D eigenvalue weighted by molar-refractivity contribution is -0.144. The lowest BCUT2D eigenvalue weighted by atomic mass is 9.70. The van der Waals surface area contributed by atoms with E-state index < -0.39 is 5.92 Å². The maximum atomic E-state index is 12.2. The predicted octanol–water partition coefficient (Wildman–Crippen LogP) is 2.93. The molecule has 0 spiro atoms. The molecule has 1 aromatic carbocycles. The van der Waals surface area contributed by atoms with Gasteiger partial charge in [-0.25, -0.2) is 0 Å². The van der Waals surface area contributed by atoms with E-state index in [-0.39, 0.29) is 42.0 Å². The van der Waals surface area contributed by atoms with Crippen LogP contribution in [0.25, 0.3) is 0 Å². The first-order valence-electron chi connectivity index (χ1n) is 7.57. The van der Waals surface area contributed by atoms with Crippen molar-refractivity contribution in [2.24, 2.45) is 16.3 Å². The molecule has 0 saturated heterocycles. The van der Waals surface area contributed by atoms with Gasteiger partial charge < -0.3 is 4.74 Å². The van der Waals surface area contributed by atoms with Crippen LogP contribution in [0.1, 0.15) is 33.1 Å². The van der Waals surface area contributed by atoms with E-state index in [0.717, 1.165) is 5.75 Å². The van der Waals surface area contributed by atoms with Crippen LogP contribution in [-0.2, 0) is 14.4 Å². The average Bonchev–Trinajstić information content (AvgIpc) is 2.45. The summed E-state index contributed by atoms with van der Waals surface area (Å²) >= 11 is 0. The SMILES string of the molecule is COc1ccc(N=CCC(=O)C2C(=O)CC(C)(C)CC2=O)cc1. The van der Waals surface area contributed by atoms with Gasteiger partial charge in [0, 0.05) is 25.5 Å². The van der Waals surface area contributed by atoms with E-state index in [9.17, 15) is 14.4 Å². The van der Waals surface area contributed by atoms with Crippen LogP contribution in [0.4, 0.5) is 5.69 Å². The molecule has 0 atom stereocenters. The van der Waals surface area contributed by atoms with Crippen molar-refractivity contribution in [3.63, 3.8) is 0 Å². The van der Waals surface area contributed by atoms with E-state index in [0.29, 0.717) is 5.69 Å². The lowest BCUT2D eigenvalue weighted by Crippen LogP contribution is -2.41. The molecule has 0 unspecified atom stereocenters. The maximum Gasteiger partial charge on any atom is 0.156 e. The molecular weight excluding hydrogens is 294 g/mol. The highest BCUT2D eigenvalue weighted by Crippen LogP contribution is 2.34. The van der Waals surface area contributed by atoms with E-state index in [2.05, 4.69) is 4.99 Å². The van der Waals surface area contributed by atoms with Crippen molar-refractivity contribution in [2.75, 3.05) is 7.11 Å². The van der Waals surface area contributed by atoms with Gasteiger partial charge in [-0.1, -0.05) is 13.8 Å². The highest BCUT2D eigenvalue weighted by Gasteiger charge is 2.42. The van der Waals surface area contributed by atoms with Gasteiger partial charge >= 0.3 is 0 Å². The Morgan fingerprint density at radius 2 is 1.78 bits per heavy atom. The summed E-state index contributed by atoms with van der Waals surface area (Å²) in [6, 6.07) is 7.06. The fourth-order valence-electron chi connectivity index (χ4n) is 2.78. The monoisotopic (exact) mass is 315 g/mol. The van der Waals surface area contributed by atoms with Gasteiger partial charge in [0.1, 0.15) is 11.7 Å². The molecule has 5 nitrogen and oxygen atoms in total. The van der Waals surface area contributed by atoms with Crippen LogP contribution < -0.4 is 4.74 Å². The zero-order valence-electron chi connectivity index (χ0n) is 13.7. The molecule has 0 aliphatic heterocycles. The number of benzene rings is 1. The van der Waals surface area contributed by atoms with Crippen molar-refractivity contribution in [3.8, 4) is 5.75 Å². The van der Waals surface area contributed by atoms with E-state index in [1.807, 2.05) is 13.8 Å². The third kappa shape index (κ3) is 4.34. The second-order valence-electron chi connectivity index (χ2n) is 6.56. The first kappa shape index (κ1) is 17.1. The molecule has 0 heterocycles. The van der Waals surface area contributed by atoms with Crippen LogP contribution in [0, 0.1) is 11.3 Å². The summed E-state index contributed by atoms with van der Waals surface area (Å²) in [6.07, 6.45) is 1.97. The minimum atomic E-state index is -1.11. The Morgan fingerprint density at radius 1 is 1.22 bits per heavy atom. The number of Topliss-reactive ketones (excluding diaryl/α,β-unsaturated/α-hetero) is 3. The Bertz CT molecular complexity index is 623. The first-order valence-corrected chi connectivity index (χ1v) is 7.57. The molecule has 122 valence electrons. The third-order valence-corrected chi connectivity index (χ3v) is 3.88. The summed E-state index contributed by atoms with van der Waals surface area (Å²) in [5, 5.41) is 0. The number of hydrogen-bond acceptors (Lipinski definition) is 5. The van der Waals surface area contributed by atoms with Gasteiger partial charge in [-0.3, -0.25) is 19.4 Å². The van der Waals surface area contributed by atoms with Crippen LogP contribution in [0.2, 0.25) is 0 Å². The number of rotatable bonds is 5. The average molecular weight is 315 g/mol. The fraction of sp³-hybridized carbons (Fsp3) is 0.444. The van der Waals surface area contributed by atoms with E-state index in [1.165, 1.54) is 6.21 Å².